The molecule has 2 aliphatic heterocycles. The molecule has 0 aromatic carbocycles. The molecule has 0 spiro atoms. The molecule has 98 valence electrons. The molecule has 2 saturated heterocycles. The first-order valence-electron chi connectivity index (χ1n) is 7.45. The Hall–Kier alpha value is 0.270. The van der Waals surface area contributed by atoms with Crippen LogP contribution in [0.25, 0.3) is 0 Å². The number of thioether (sulfide) groups is 1. The minimum absolute atomic E-state index is 0.804. The van der Waals surface area contributed by atoms with Gasteiger partial charge in [0, 0.05) is 31.2 Å². The first-order chi connectivity index (χ1) is 8.38. The summed E-state index contributed by atoms with van der Waals surface area (Å²) in [4.78, 5) is 2.87. The van der Waals surface area contributed by atoms with E-state index in [1.54, 1.807) is 0 Å². The maximum atomic E-state index is 3.80. The third kappa shape index (κ3) is 2.82. The molecule has 3 heteroatoms. The summed E-state index contributed by atoms with van der Waals surface area (Å²) in [7, 11) is 0. The molecule has 2 nitrogen and oxygen atoms in total. The highest BCUT2D eigenvalue weighted by Crippen LogP contribution is 2.36. The molecule has 0 aromatic heterocycles. The van der Waals surface area contributed by atoms with Crippen molar-refractivity contribution in [2.45, 2.75) is 57.2 Å². The fourth-order valence-corrected chi connectivity index (χ4v) is 4.58. The van der Waals surface area contributed by atoms with E-state index in [-0.39, 0.29) is 0 Å². The van der Waals surface area contributed by atoms with Gasteiger partial charge in [-0.3, -0.25) is 4.90 Å². The molecule has 3 rings (SSSR count). The van der Waals surface area contributed by atoms with Gasteiger partial charge in [0.25, 0.3) is 0 Å². The van der Waals surface area contributed by atoms with Gasteiger partial charge in [0.15, 0.2) is 0 Å². The van der Waals surface area contributed by atoms with E-state index in [9.17, 15) is 0 Å². The van der Waals surface area contributed by atoms with Crippen LogP contribution in [0, 0.1) is 5.92 Å². The monoisotopic (exact) mass is 254 g/mol. The van der Waals surface area contributed by atoms with E-state index in [1.807, 2.05) is 0 Å². The predicted molar refractivity (Wildman–Crippen MR) is 75.6 cm³/mol. The lowest BCUT2D eigenvalue weighted by Crippen LogP contribution is -2.60. The fourth-order valence-electron chi connectivity index (χ4n) is 3.50. The van der Waals surface area contributed by atoms with Crippen molar-refractivity contribution in [1.82, 2.24) is 10.2 Å². The quantitative estimate of drug-likeness (QED) is 0.832. The number of hydrogen-bond acceptors (Lipinski definition) is 3. The molecule has 1 N–H and O–H groups in total. The summed E-state index contributed by atoms with van der Waals surface area (Å²) < 4.78 is 0. The van der Waals surface area contributed by atoms with Crippen LogP contribution >= 0.6 is 11.8 Å². The normalized spacial score (nSPS) is 37.2. The van der Waals surface area contributed by atoms with Crippen LogP contribution in [0.1, 0.15) is 39.0 Å². The molecule has 0 amide bonds. The van der Waals surface area contributed by atoms with E-state index in [4.69, 9.17) is 0 Å². The molecule has 3 aliphatic rings. The topological polar surface area (TPSA) is 15.3 Å². The largest absolute Gasteiger partial charge is 0.311 e. The fraction of sp³-hybridized carbons (Fsp3) is 1.00. The molecule has 17 heavy (non-hydrogen) atoms. The van der Waals surface area contributed by atoms with Gasteiger partial charge in [-0.2, -0.15) is 11.8 Å². The van der Waals surface area contributed by atoms with E-state index in [2.05, 4.69) is 28.9 Å². The van der Waals surface area contributed by atoms with Crippen LogP contribution in [0.5, 0.6) is 0 Å². The van der Waals surface area contributed by atoms with Crippen LogP contribution in [0.15, 0.2) is 0 Å². The van der Waals surface area contributed by atoms with E-state index in [1.165, 1.54) is 56.7 Å². The van der Waals surface area contributed by atoms with E-state index >= 15 is 0 Å². The Morgan fingerprint density at radius 2 is 1.94 bits per heavy atom. The number of piperazine rings is 1. The molecule has 0 bridgehead atoms. The smallest absolute Gasteiger partial charge is 0.0224 e. The summed E-state index contributed by atoms with van der Waals surface area (Å²) in [5.74, 6) is 3.78. The van der Waals surface area contributed by atoms with Crippen LogP contribution in [-0.4, -0.2) is 47.6 Å². The number of nitrogens with zero attached hydrogens (tertiary/aromatic N) is 1. The zero-order valence-corrected chi connectivity index (χ0v) is 11.8. The minimum atomic E-state index is 0.804. The van der Waals surface area contributed by atoms with Crippen molar-refractivity contribution in [2.75, 3.05) is 24.6 Å². The van der Waals surface area contributed by atoms with Crippen molar-refractivity contribution in [3.05, 3.63) is 0 Å². The van der Waals surface area contributed by atoms with Crippen LogP contribution in [-0.2, 0) is 0 Å². The number of hydrogen-bond donors (Lipinski definition) is 1. The predicted octanol–water partition coefficient (Wildman–Crippen LogP) is 2.34. The van der Waals surface area contributed by atoms with Gasteiger partial charge >= 0.3 is 0 Å². The van der Waals surface area contributed by atoms with Gasteiger partial charge in [0.05, 0.1) is 0 Å². The average molecular weight is 254 g/mol. The molecular formula is C14H26N2S. The van der Waals surface area contributed by atoms with Gasteiger partial charge in [-0.25, -0.2) is 0 Å². The zero-order valence-electron chi connectivity index (χ0n) is 11.0. The van der Waals surface area contributed by atoms with Gasteiger partial charge < -0.3 is 5.32 Å². The lowest BCUT2D eigenvalue weighted by molar-refractivity contribution is 0.0688. The summed E-state index contributed by atoms with van der Waals surface area (Å²) in [5, 5.41) is 3.80. The Bertz CT molecular complexity index is 249. The van der Waals surface area contributed by atoms with Gasteiger partial charge in [-0.05, 0) is 49.5 Å². The van der Waals surface area contributed by atoms with Crippen molar-refractivity contribution in [3.63, 3.8) is 0 Å². The maximum Gasteiger partial charge on any atom is 0.0224 e. The minimum Gasteiger partial charge on any atom is -0.311 e. The standard InChI is InChI=1S/C14H26N2S/c1-2-12-9-15-14(11-3-4-11)10-16(12)13-5-7-17-8-6-13/h11-15H,2-10H2,1H3. The molecule has 2 atom stereocenters. The van der Waals surface area contributed by atoms with Crippen molar-refractivity contribution < 1.29 is 0 Å². The Morgan fingerprint density at radius 1 is 1.18 bits per heavy atom. The summed E-state index contributed by atoms with van der Waals surface area (Å²) in [5.41, 5.74) is 0. The number of nitrogens with one attached hydrogen (secondary N) is 1. The van der Waals surface area contributed by atoms with Crippen LogP contribution in [0.3, 0.4) is 0 Å². The van der Waals surface area contributed by atoms with Gasteiger partial charge in [0.1, 0.15) is 0 Å². The summed E-state index contributed by atoms with van der Waals surface area (Å²) >= 11 is 2.15. The molecule has 0 radical (unpaired) electrons. The van der Waals surface area contributed by atoms with Gasteiger partial charge in [-0.1, -0.05) is 6.92 Å². The molecule has 0 aromatic rings. The van der Waals surface area contributed by atoms with Crippen molar-refractivity contribution in [2.24, 2.45) is 5.92 Å². The molecule has 2 heterocycles. The zero-order chi connectivity index (χ0) is 11.7. The van der Waals surface area contributed by atoms with Crippen molar-refractivity contribution >= 4 is 11.8 Å². The van der Waals surface area contributed by atoms with Crippen molar-refractivity contribution in [3.8, 4) is 0 Å². The lowest BCUT2D eigenvalue weighted by Gasteiger charge is -2.46. The third-order valence-electron chi connectivity index (χ3n) is 4.81. The SMILES string of the molecule is CCC1CNC(C2CC2)CN1C1CCSCC1. The third-order valence-corrected chi connectivity index (χ3v) is 5.86. The summed E-state index contributed by atoms with van der Waals surface area (Å²) in [6.07, 6.45) is 7.12. The Balaban J connectivity index is 1.63. The van der Waals surface area contributed by atoms with Crippen LogP contribution in [0.4, 0.5) is 0 Å². The van der Waals surface area contributed by atoms with Gasteiger partial charge in [0.2, 0.25) is 0 Å². The molecule has 1 saturated carbocycles. The van der Waals surface area contributed by atoms with E-state index < -0.39 is 0 Å². The highest BCUT2D eigenvalue weighted by molar-refractivity contribution is 7.99. The number of rotatable bonds is 3. The van der Waals surface area contributed by atoms with Crippen LogP contribution in [0.2, 0.25) is 0 Å². The summed E-state index contributed by atoms with van der Waals surface area (Å²) in [6, 6.07) is 2.51. The second-order valence-electron chi connectivity index (χ2n) is 5.95. The first-order valence-corrected chi connectivity index (χ1v) is 8.61. The highest BCUT2D eigenvalue weighted by Gasteiger charge is 2.38. The van der Waals surface area contributed by atoms with Crippen molar-refractivity contribution in [1.29, 1.82) is 0 Å². The highest BCUT2D eigenvalue weighted by atomic mass is 32.2. The maximum absolute atomic E-state index is 3.80. The summed E-state index contributed by atoms with van der Waals surface area (Å²) in [6.45, 7) is 4.92. The van der Waals surface area contributed by atoms with Crippen LogP contribution < -0.4 is 5.32 Å². The average Bonchev–Trinajstić information content (AvgIpc) is 3.23. The molecule has 3 fully saturated rings. The molecule has 2 unspecified atom stereocenters. The van der Waals surface area contributed by atoms with Gasteiger partial charge in [-0.15, -0.1) is 0 Å². The second-order valence-corrected chi connectivity index (χ2v) is 7.18. The Morgan fingerprint density at radius 3 is 2.59 bits per heavy atom. The first kappa shape index (κ1) is 12.3. The van der Waals surface area contributed by atoms with E-state index in [0.29, 0.717) is 0 Å². The molecule has 1 aliphatic carbocycles. The molecular weight excluding hydrogens is 228 g/mol. The second kappa shape index (κ2) is 5.50. The Labute approximate surface area is 110 Å². The Kier molecular flexibility index (Phi) is 3.98. The van der Waals surface area contributed by atoms with E-state index in [0.717, 1.165) is 24.0 Å². The lowest BCUT2D eigenvalue weighted by atomic mass is 9.98.